The van der Waals surface area contributed by atoms with Crippen LogP contribution in [0.3, 0.4) is 0 Å². The zero-order chi connectivity index (χ0) is 28.8. The summed E-state index contributed by atoms with van der Waals surface area (Å²) in [5.41, 5.74) is 2.98. The minimum atomic E-state index is -0.505. The van der Waals surface area contributed by atoms with Gasteiger partial charge in [-0.05, 0) is 56.4 Å². The summed E-state index contributed by atoms with van der Waals surface area (Å²) in [7, 11) is 2.52. The molecule has 1 aliphatic rings. The molecular weight excluding hydrogens is 466 g/mol. The minimum absolute atomic E-state index is 0.0937. The molecule has 6 heteroatoms. The summed E-state index contributed by atoms with van der Waals surface area (Å²) in [4.78, 5) is 32.4. The fourth-order valence-corrected chi connectivity index (χ4v) is 2.54. The van der Waals surface area contributed by atoms with E-state index in [1.165, 1.54) is 26.8 Å². The predicted molar refractivity (Wildman–Crippen MR) is 154 cm³/mol. The van der Waals surface area contributed by atoms with Crippen LogP contribution in [0.5, 0.6) is 5.75 Å². The number of rotatable bonds is 8. The Morgan fingerprint density at radius 2 is 1.38 bits per heavy atom. The van der Waals surface area contributed by atoms with Gasteiger partial charge in [0.1, 0.15) is 11.5 Å². The van der Waals surface area contributed by atoms with Crippen LogP contribution in [-0.2, 0) is 9.59 Å². The van der Waals surface area contributed by atoms with Gasteiger partial charge in [0.05, 0.1) is 12.5 Å². The van der Waals surface area contributed by atoms with Gasteiger partial charge < -0.3 is 15.2 Å². The maximum Gasteiger partial charge on any atom is 0.230 e. The van der Waals surface area contributed by atoms with Crippen LogP contribution >= 0.6 is 0 Å². The van der Waals surface area contributed by atoms with Crippen LogP contribution in [0.25, 0.3) is 11.1 Å². The standard InChI is InChI=1S/C18H20O2.C6H11NO2.C4H8.C2H6.CH4O/c1-3-4-13-20-18-11-9-17(10-12-18)16-7-5-15(6-8-16)14(2)19;1-4(5(2)8)6(9)7-3;1-4-2-3-4;2*1-2/h5-12H,3-4,13H2,1-2H3;4H,1-3H3,(H,7,9);4H,2-3H2,1H3;1-2H3;2H,1H3. The molecule has 2 aromatic rings. The molecular formula is C31H49NO5. The van der Waals surface area contributed by atoms with Crippen molar-refractivity contribution in [1.82, 2.24) is 5.32 Å². The molecule has 6 nitrogen and oxygen atoms in total. The van der Waals surface area contributed by atoms with Gasteiger partial charge in [0.2, 0.25) is 5.91 Å². The van der Waals surface area contributed by atoms with Crippen molar-refractivity contribution in [2.24, 2.45) is 11.8 Å². The number of hydrogen-bond donors (Lipinski definition) is 2. The van der Waals surface area contributed by atoms with Gasteiger partial charge in [-0.25, -0.2) is 0 Å². The molecule has 1 saturated carbocycles. The van der Waals surface area contributed by atoms with E-state index in [2.05, 4.69) is 19.2 Å². The number of carbonyl (C=O) groups excluding carboxylic acids is 3. The van der Waals surface area contributed by atoms with Gasteiger partial charge in [0, 0.05) is 19.7 Å². The van der Waals surface area contributed by atoms with E-state index in [9.17, 15) is 14.4 Å². The van der Waals surface area contributed by atoms with E-state index in [0.29, 0.717) is 0 Å². The third-order valence-electron chi connectivity index (χ3n) is 5.36. The van der Waals surface area contributed by atoms with Crippen molar-refractivity contribution in [2.45, 2.75) is 74.1 Å². The van der Waals surface area contributed by atoms with Gasteiger partial charge >= 0.3 is 0 Å². The lowest BCUT2D eigenvalue weighted by molar-refractivity contribution is -0.131. The van der Waals surface area contributed by atoms with Crippen molar-refractivity contribution >= 4 is 17.5 Å². The quantitative estimate of drug-likeness (QED) is 0.231. The van der Waals surface area contributed by atoms with E-state index in [1.54, 1.807) is 13.8 Å². The van der Waals surface area contributed by atoms with Crippen LogP contribution < -0.4 is 10.1 Å². The Morgan fingerprint density at radius 1 is 0.946 bits per heavy atom. The molecule has 0 radical (unpaired) electrons. The minimum Gasteiger partial charge on any atom is -0.494 e. The van der Waals surface area contributed by atoms with Crippen molar-refractivity contribution in [3.63, 3.8) is 0 Å². The Hall–Kier alpha value is -2.99. The number of Topliss-reactive ketones (excluding diaryl/α,β-unsaturated/α-hetero) is 2. The van der Waals surface area contributed by atoms with E-state index in [-0.39, 0.29) is 17.5 Å². The molecule has 1 unspecified atom stereocenters. The van der Waals surface area contributed by atoms with Crippen LogP contribution in [0.4, 0.5) is 0 Å². The average Bonchev–Trinajstić information content (AvgIpc) is 3.73. The maximum atomic E-state index is 11.2. The molecule has 0 saturated heterocycles. The van der Waals surface area contributed by atoms with E-state index in [4.69, 9.17) is 9.84 Å². The summed E-state index contributed by atoms with van der Waals surface area (Å²) in [6.07, 6.45) is 5.19. The smallest absolute Gasteiger partial charge is 0.230 e. The monoisotopic (exact) mass is 515 g/mol. The number of unbranched alkanes of at least 4 members (excludes halogenated alkanes) is 1. The lowest BCUT2D eigenvalue weighted by atomic mass is 10.0. The number of carbonyl (C=O) groups is 3. The van der Waals surface area contributed by atoms with Crippen molar-refractivity contribution in [3.05, 3.63) is 54.1 Å². The lowest BCUT2D eigenvalue weighted by Crippen LogP contribution is -2.29. The van der Waals surface area contributed by atoms with Crippen molar-refractivity contribution in [1.29, 1.82) is 0 Å². The highest BCUT2D eigenvalue weighted by molar-refractivity contribution is 5.99. The lowest BCUT2D eigenvalue weighted by Gasteiger charge is -2.07. The molecule has 3 rings (SSSR count). The summed E-state index contributed by atoms with van der Waals surface area (Å²) in [5, 5.41) is 9.39. The normalized spacial score (nSPS) is 11.7. The third kappa shape index (κ3) is 17.2. The number of aliphatic hydroxyl groups is 1. The SMILES string of the molecule is CC.CC1CC1.CCCCOc1ccc(-c2ccc(C(C)=O)cc2)cc1.CNC(=O)C(C)C(C)=O.CO. The molecule has 2 aromatic carbocycles. The first-order chi connectivity index (χ1) is 17.7. The first kappa shape index (κ1) is 36.2. The van der Waals surface area contributed by atoms with Crippen LogP contribution in [0.1, 0.15) is 84.5 Å². The number of benzene rings is 2. The van der Waals surface area contributed by atoms with Crippen LogP contribution in [0, 0.1) is 11.8 Å². The number of aliphatic hydroxyl groups excluding tert-OH is 1. The first-order valence-corrected chi connectivity index (χ1v) is 13.2. The summed E-state index contributed by atoms with van der Waals surface area (Å²) >= 11 is 0. The van der Waals surface area contributed by atoms with Gasteiger partial charge in [0.15, 0.2) is 5.78 Å². The molecule has 37 heavy (non-hydrogen) atoms. The number of hydrogen-bond acceptors (Lipinski definition) is 5. The predicted octanol–water partition coefficient (Wildman–Crippen LogP) is 6.74. The van der Waals surface area contributed by atoms with Crippen LogP contribution in [0.15, 0.2) is 48.5 Å². The molecule has 1 fully saturated rings. The first-order valence-electron chi connectivity index (χ1n) is 13.2. The molecule has 0 heterocycles. The topological polar surface area (TPSA) is 92.7 Å². The second kappa shape index (κ2) is 22.2. The van der Waals surface area contributed by atoms with E-state index in [0.717, 1.165) is 54.9 Å². The van der Waals surface area contributed by atoms with Crippen LogP contribution in [0.2, 0.25) is 0 Å². The van der Waals surface area contributed by atoms with Gasteiger partial charge in [-0.2, -0.15) is 0 Å². The Bertz CT molecular complexity index is 871. The summed E-state index contributed by atoms with van der Waals surface area (Å²) < 4.78 is 5.64. The van der Waals surface area contributed by atoms with Gasteiger partial charge in [-0.3, -0.25) is 14.4 Å². The average molecular weight is 516 g/mol. The number of nitrogens with one attached hydrogen (secondary N) is 1. The third-order valence-corrected chi connectivity index (χ3v) is 5.36. The van der Waals surface area contributed by atoms with Crippen molar-refractivity contribution in [2.75, 3.05) is 20.8 Å². The number of ether oxygens (including phenoxy) is 1. The summed E-state index contributed by atoms with van der Waals surface area (Å²) in [6.45, 7) is 13.8. The second-order valence-corrected chi connectivity index (χ2v) is 8.49. The molecule has 0 bridgehead atoms. The zero-order valence-electron chi connectivity index (χ0n) is 24.4. The molecule has 1 aliphatic carbocycles. The maximum absolute atomic E-state index is 11.2. The highest BCUT2D eigenvalue weighted by Crippen LogP contribution is 2.26. The zero-order valence-corrected chi connectivity index (χ0v) is 24.4. The Labute approximate surface area is 224 Å². The molecule has 2 N–H and O–H groups in total. The van der Waals surface area contributed by atoms with E-state index < -0.39 is 5.92 Å². The Morgan fingerprint density at radius 3 is 1.68 bits per heavy atom. The summed E-state index contributed by atoms with van der Waals surface area (Å²) in [5.74, 6) is 1.26. The summed E-state index contributed by atoms with van der Waals surface area (Å²) in [6, 6.07) is 15.8. The van der Waals surface area contributed by atoms with Crippen molar-refractivity contribution in [3.8, 4) is 16.9 Å². The van der Waals surface area contributed by atoms with Crippen LogP contribution in [-0.4, -0.2) is 43.3 Å². The van der Waals surface area contributed by atoms with Gasteiger partial charge in [-0.1, -0.05) is 83.4 Å². The highest BCUT2D eigenvalue weighted by atomic mass is 16.5. The highest BCUT2D eigenvalue weighted by Gasteiger charge is 2.14. The Balaban J connectivity index is 0. The fraction of sp³-hybridized carbons (Fsp3) is 0.516. The molecule has 0 spiro atoms. The number of ketones is 2. The van der Waals surface area contributed by atoms with E-state index in [1.807, 2.05) is 62.4 Å². The van der Waals surface area contributed by atoms with Crippen molar-refractivity contribution < 1.29 is 24.2 Å². The second-order valence-electron chi connectivity index (χ2n) is 8.49. The molecule has 208 valence electrons. The Kier molecular flexibility index (Phi) is 21.7. The molecule has 0 aromatic heterocycles. The number of amides is 1. The molecule has 1 amide bonds. The van der Waals surface area contributed by atoms with Gasteiger partial charge in [-0.15, -0.1) is 0 Å². The van der Waals surface area contributed by atoms with Gasteiger partial charge in [0.25, 0.3) is 0 Å². The molecule has 1 atom stereocenters. The van der Waals surface area contributed by atoms with E-state index >= 15 is 0 Å². The molecule has 0 aliphatic heterocycles. The largest absolute Gasteiger partial charge is 0.494 e. The fourth-order valence-electron chi connectivity index (χ4n) is 2.54.